The fourth-order valence-corrected chi connectivity index (χ4v) is 11.1. The number of carbonyl (C=O) groups is 1. The molecule has 10 nitrogen and oxygen atoms in total. The zero-order valence-electron chi connectivity index (χ0n) is 27.7. The van der Waals surface area contributed by atoms with Crippen molar-refractivity contribution in [3.05, 3.63) is 0 Å². The molecule has 44 heavy (non-hydrogen) atoms. The standard InChI is InChI=1S/C33H60N2O8S/c1-21(7-10-30(40)34-14-6-15-35(4,5)16-12-24(37)20-44(41,42)43)25-8-9-26-31-27(19-29(39)33(25,26)3)32(2)13-11-23(36)17-22(32)18-28(31)38/h21-29,31,36-39H,6-20H2,1-5H3,(H-,34,40,41,42,43)/p+1/t21-,22+,23-,24?,25-,26+,27+,28-,29+,31+,32+,33-/m1/s1. The van der Waals surface area contributed by atoms with E-state index in [1.54, 1.807) is 0 Å². The van der Waals surface area contributed by atoms with E-state index in [1.807, 2.05) is 14.1 Å². The van der Waals surface area contributed by atoms with Crippen molar-refractivity contribution in [2.24, 2.45) is 46.3 Å². The summed E-state index contributed by atoms with van der Waals surface area (Å²) in [5.74, 6) is 0.997. The van der Waals surface area contributed by atoms with Gasteiger partial charge in [-0.25, -0.2) is 0 Å². The minimum absolute atomic E-state index is 0.0239. The Morgan fingerprint density at radius 2 is 1.70 bits per heavy atom. The number of quaternary nitrogens is 1. The summed E-state index contributed by atoms with van der Waals surface area (Å²) in [5, 5.41) is 46.5. The van der Waals surface area contributed by atoms with Gasteiger partial charge in [-0.15, -0.1) is 0 Å². The lowest BCUT2D eigenvalue weighted by molar-refractivity contribution is -0.890. The number of amides is 1. The van der Waals surface area contributed by atoms with E-state index in [0.717, 1.165) is 64.3 Å². The summed E-state index contributed by atoms with van der Waals surface area (Å²) in [6.07, 6.45) is 6.05. The van der Waals surface area contributed by atoms with Crippen LogP contribution in [0.25, 0.3) is 0 Å². The average molecular weight is 646 g/mol. The van der Waals surface area contributed by atoms with Gasteiger partial charge in [-0.3, -0.25) is 9.35 Å². The molecule has 0 aromatic carbocycles. The second kappa shape index (κ2) is 13.7. The van der Waals surface area contributed by atoms with Crippen LogP contribution in [0.4, 0.5) is 0 Å². The quantitative estimate of drug-likeness (QED) is 0.101. The van der Waals surface area contributed by atoms with Crippen molar-refractivity contribution in [3.8, 4) is 0 Å². The van der Waals surface area contributed by atoms with Crippen molar-refractivity contribution in [2.45, 2.75) is 116 Å². The fourth-order valence-electron chi connectivity index (χ4n) is 10.5. The Morgan fingerprint density at radius 3 is 2.39 bits per heavy atom. The summed E-state index contributed by atoms with van der Waals surface area (Å²) in [7, 11) is -0.217. The Balaban J connectivity index is 1.24. The van der Waals surface area contributed by atoms with Crippen molar-refractivity contribution in [1.82, 2.24) is 5.32 Å². The van der Waals surface area contributed by atoms with Crippen molar-refractivity contribution >= 4 is 16.0 Å². The number of nitrogens with zero attached hydrogens (tertiary/aromatic N) is 1. The predicted octanol–water partition coefficient (Wildman–Crippen LogP) is 2.59. The van der Waals surface area contributed by atoms with Crippen LogP contribution in [-0.2, 0) is 14.9 Å². The summed E-state index contributed by atoms with van der Waals surface area (Å²) < 4.78 is 31.4. The Bertz CT molecular complexity index is 1100. The van der Waals surface area contributed by atoms with E-state index < -0.39 is 28.1 Å². The molecule has 4 aliphatic carbocycles. The Labute approximate surface area is 265 Å². The minimum Gasteiger partial charge on any atom is -0.393 e. The third-order valence-corrected chi connectivity index (χ3v) is 13.9. The Hall–Kier alpha value is -0.820. The van der Waals surface area contributed by atoms with E-state index in [1.165, 1.54) is 0 Å². The molecule has 0 bridgehead atoms. The van der Waals surface area contributed by atoms with Gasteiger partial charge in [0.1, 0.15) is 5.75 Å². The van der Waals surface area contributed by atoms with Gasteiger partial charge in [0.15, 0.2) is 0 Å². The highest BCUT2D eigenvalue weighted by atomic mass is 32.2. The average Bonchev–Trinajstić information content (AvgIpc) is 3.28. The molecule has 4 rings (SSSR count). The van der Waals surface area contributed by atoms with Crippen molar-refractivity contribution in [2.75, 3.05) is 39.5 Å². The number of rotatable bonds is 13. The molecule has 4 aliphatic rings. The normalized spacial score (nSPS) is 40.4. The van der Waals surface area contributed by atoms with Crippen LogP contribution in [0.15, 0.2) is 0 Å². The molecule has 0 heterocycles. The molecule has 0 saturated heterocycles. The number of aliphatic hydroxyl groups is 4. The van der Waals surface area contributed by atoms with Crippen LogP contribution in [0.1, 0.15) is 91.4 Å². The molecular formula is C33H61N2O8S+. The van der Waals surface area contributed by atoms with Gasteiger partial charge in [0.2, 0.25) is 5.91 Å². The van der Waals surface area contributed by atoms with Gasteiger partial charge in [-0.2, -0.15) is 8.42 Å². The van der Waals surface area contributed by atoms with Crippen LogP contribution in [0, 0.1) is 46.3 Å². The monoisotopic (exact) mass is 645 g/mol. The number of carbonyl (C=O) groups excluding carboxylic acids is 1. The van der Waals surface area contributed by atoms with E-state index in [-0.39, 0.29) is 59.0 Å². The maximum Gasteiger partial charge on any atom is 0.267 e. The SMILES string of the molecule is C[C@H](CCC(=O)NCCC[N+](C)(C)CCC(O)CS(=O)(=O)O)[C@H]1CC[C@H]2[C@@H]3[C@H](O)C[C@@H]4C[C@H](O)CC[C@]4(C)[C@H]3C[C@H](O)[C@]12C. The molecule has 6 N–H and O–H groups in total. The number of fused-ring (bicyclic) bond motifs is 5. The van der Waals surface area contributed by atoms with E-state index in [9.17, 15) is 33.6 Å². The Morgan fingerprint density at radius 1 is 1.00 bits per heavy atom. The maximum absolute atomic E-state index is 12.8. The maximum atomic E-state index is 12.8. The summed E-state index contributed by atoms with van der Waals surface area (Å²) in [6.45, 7) is 8.68. The molecular weight excluding hydrogens is 584 g/mol. The van der Waals surface area contributed by atoms with Crippen LogP contribution in [0.2, 0.25) is 0 Å². The highest BCUT2D eigenvalue weighted by Gasteiger charge is 2.65. The summed E-state index contributed by atoms with van der Waals surface area (Å²) in [5.41, 5.74) is -0.209. The molecule has 0 aromatic rings. The van der Waals surface area contributed by atoms with Crippen molar-refractivity contribution in [1.29, 1.82) is 0 Å². The molecule has 4 fully saturated rings. The molecule has 1 amide bonds. The van der Waals surface area contributed by atoms with Gasteiger partial charge in [0.25, 0.3) is 10.1 Å². The summed E-state index contributed by atoms with van der Waals surface area (Å²) in [6, 6.07) is 0. The van der Waals surface area contributed by atoms with Gasteiger partial charge in [0, 0.05) is 25.8 Å². The number of hydrogen-bond acceptors (Lipinski definition) is 7. The van der Waals surface area contributed by atoms with Crippen LogP contribution in [-0.4, -0.2) is 108 Å². The van der Waals surface area contributed by atoms with Crippen molar-refractivity contribution < 1.29 is 42.7 Å². The highest BCUT2D eigenvalue weighted by molar-refractivity contribution is 7.85. The second-order valence-corrected chi connectivity index (χ2v) is 17.8. The Kier molecular flexibility index (Phi) is 11.2. The first kappa shape index (κ1) is 36.0. The van der Waals surface area contributed by atoms with E-state index in [4.69, 9.17) is 4.55 Å². The first-order valence-corrected chi connectivity index (χ1v) is 18.7. The van der Waals surface area contributed by atoms with Crippen LogP contribution in [0.5, 0.6) is 0 Å². The molecule has 12 atom stereocenters. The zero-order valence-corrected chi connectivity index (χ0v) is 28.5. The molecule has 0 radical (unpaired) electrons. The smallest absolute Gasteiger partial charge is 0.267 e. The van der Waals surface area contributed by atoms with E-state index in [2.05, 4.69) is 26.1 Å². The largest absolute Gasteiger partial charge is 0.393 e. The number of nitrogens with one attached hydrogen (secondary N) is 1. The molecule has 0 spiro atoms. The number of aliphatic hydroxyl groups excluding tert-OH is 4. The molecule has 0 aromatic heterocycles. The zero-order chi connectivity index (χ0) is 32.7. The molecule has 256 valence electrons. The summed E-state index contributed by atoms with van der Waals surface area (Å²) in [4.78, 5) is 12.8. The molecule has 11 heteroatoms. The number of hydrogen-bond donors (Lipinski definition) is 6. The van der Waals surface area contributed by atoms with Crippen molar-refractivity contribution in [3.63, 3.8) is 0 Å². The third-order valence-electron chi connectivity index (χ3n) is 13.1. The van der Waals surface area contributed by atoms with Crippen LogP contribution >= 0.6 is 0 Å². The lowest BCUT2D eigenvalue weighted by atomic mass is 9.43. The summed E-state index contributed by atoms with van der Waals surface area (Å²) >= 11 is 0. The first-order chi connectivity index (χ1) is 20.4. The van der Waals surface area contributed by atoms with Gasteiger partial charge >= 0.3 is 0 Å². The van der Waals surface area contributed by atoms with Gasteiger partial charge in [-0.05, 0) is 97.7 Å². The van der Waals surface area contributed by atoms with Crippen LogP contribution in [0.3, 0.4) is 0 Å². The van der Waals surface area contributed by atoms with Crippen LogP contribution < -0.4 is 5.32 Å². The van der Waals surface area contributed by atoms with Gasteiger partial charge in [0.05, 0.1) is 51.6 Å². The topological polar surface area (TPSA) is 164 Å². The third kappa shape index (κ3) is 7.82. The molecule has 4 saturated carbocycles. The molecule has 0 aliphatic heterocycles. The predicted molar refractivity (Wildman–Crippen MR) is 169 cm³/mol. The molecule has 1 unspecified atom stereocenters. The highest BCUT2D eigenvalue weighted by Crippen LogP contribution is 2.68. The fraction of sp³-hybridized carbons (Fsp3) is 0.970. The second-order valence-electron chi connectivity index (χ2n) is 16.3. The van der Waals surface area contributed by atoms with E-state index in [0.29, 0.717) is 35.8 Å². The van der Waals surface area contributed by atoms with Gasteiger partial charge < -0.3 is 30.2 Å². The van der Waals surface area contributed by atoms with Gasteiger partial charge in [-0.1, -0.05) is 20.8 Å². The van der Waals surface area contributed by atoms with E-state index >= 15 is 0 Å². The lowest BCUT2D eigenvalue weighted by Gasteiger charge is -2.63. The first-order valence-electron chi connectivity index (χ1n) is 17.1. The minimum atomic E-state index is -4.20. The lowest BCUT2D eigenvalue weighted by Crippen LogP contribution is -2.62.